The van der Waals surface area contributed by atoms with Crippen molar-refractivity contribution < 1.29 is 18.9 Å². The lowest BCUT2D eigenvalue weighted by Crippen LogP contribution is -1.95. The van der Waals surface area contributed by atoms with Crippen LogP contribution in [0, 0.1) is 5.92 Å². The van der Waals surface area contributed by atoms with Gasteiger partial charge in [0.1, 0.15) is 5.76 Å². The highest BCUT2D eigenvalue weighted by molar-refractivity contribution is 7.46. The number of hydrogen-bond acceptors (Lipinski definition) is 2. The van der Waals surface area contributed by atoms with E-state index in [1.807, 2.05) is 0 Å². The van der Waals surface area contributed by atoms with Crippen LogP contribution in [0.1, 0.15) is 13.8 Å². The van der Waals surface area contributed by atoms with Gasteiger partial charge in [-0.3, -0.25) is 9.79 Å². The molecule has 0 bridgehead atoms. The van der Waals surface area contributed by atoms with Crippen molar-refractivity contribution in [1.29, 1.82) is 0 Å². The van der Waals surface area contributed by atoms with Gasteiger partial charge < -0.3 is 4.52 Å². The van der Waals surface area contributed by atoms with Crippen molar-refractivity contribution in [2.75, 3.05) is 0 Å². The predicted octanol–water partition coefficient (Wildman–Crippen LogP) is 1.27. The Bertz CT molecular complexity index is 168. The lowest BCUT2D eigenvalue weighted by Gasteiger charge is -2.11. The number of hydrogen-bond donors (Lipinski definition) is 2. The summed E-state index contributed by atoms with van der Waals surface area (Å²) in [6, 6.07) is 0. The van der Waals surface area contributed by atoms with Crippen molar-refractivity contribution in [3.8, 4) is 0 Å². The summed E-state index contributed by atoms with van der Waals surface area (Å²) in [5, 5.41) is 0. The molecule has 0 saturated heterocycles. The van der Waals surface area contributed by atoms with Crippen molar-refractivity contribution in [3.63, 3.8) is 0 Å². The van der Waals surface area contributed by atoms with E-state index in [-0.39, 0.29) is 11.7 Å². The molecule has 0 spiro atoms. The van der Waals surface area contributed by atoms with Gasteiger partial charge in [-0.25, -0.2) is 4.57 Å². The summed E-state index contributed by atoms with van der Waals surface area (Å²) in [7, 11) is -4.38. The third-order valence-corrected chi connectivity index (χ3v) is 1.35. The Morgan fingerprint density at radius 1 is 1.60 bits per heavy atom. The molecule has 2 N–H and O–H groups in total. The molecule has 0 aromatic heterocycles. The van der Waals surface area contributed by atoms with E-state index in [0.717, 1.165) is 0 Å². The van der Waals surface area contributed by atoms with Crippen LogP contribution in [0.25, 0.3) is 0 Å². The SMILES string of the molecule is C=C(OP(=O)(O)O)C(C)C. The number of allylic oxidation sites excluding steroid dienone is 1. The first-order valence-corrected chi connectivity index (χ1v) is 4.30. The van der Waals surface area contributed by atoms with Crippen LogP contribution in [0.3, 0.4) is 0 Å². The third kappa shape index (κ3) is 4.56. The van der Waals surface area contributed by atoms with E-state index in [9.17, 15) is 4.57 Å². The summed E-state index contributed by atoms with van der Waals surface area (Å²) in [6.07, 6.45) is 0. The fraction of sp³-hybridized carbons (Fsp3) is 0.600. The van der Waals surface area contributed by atoms with Crippen molar-refractivity contribution in [1.82, 2.24) is 0 Å². The van der Waals surface area contributed by atoms with Crippen LogP contribution in [-0.4, -0.2) is 9.79 Å². The zero-order valence-corrected chi connectivity index (χ0v) is 6.84. The van der Waals surface area contributed by atoms with Gasteiger partial charge in [0.2, 0.25) is 0 Å². The van der Waals surface area contributed by atoms with Crippen molar-refractivity contribution in [2.24, 2.45) is 5.92 Å². The maximum Gasteiger partial charge on any atom is 0.524 e. The smallest absolute Gasteiger partial charge is 0.409 e. The first-order valence-electron chi connectivity index (χ1n) is 2.77. The molecule has 0 aliphatic carbocycles. The molecule has 0 aromatic carbocycles. The van der Waals surface area contributed by atoms with Crippen LogP contribution >= 0.6 is 7.82 Å². The Morgan fingerprint density at radius 2 is 2.00 bits per heavy atom. The van der Waals surface area contributed by atoms with Crippen LogP contribution in [-0.2, 0) is 9.09 Å². The molecule has 0 aromatic rings. The van der Waals surface area contributed by atoms with Crippen LogP contribution < -0.4 is 0 Å². The summed E-state index contributed by atoms with van der Waals surface area (Å²) < 4.78 is 14.3. The lowest BCUT2D eigenvalue weighted by atomic mass is 10.2. The Morgan fingerprint density at radius 3 is 2.10 bits per heavy atom. The van der Waals surface area contributed by atoms with E-state index >= 15 is 0 Å². The van der Waals surface area contributed by atoms with Crippen LogP contribution in [0.4, 0.5) is 0 Å². The molecule has 0 aliphatic heterocycles. The highest BCUT2D eigenvalue weighted by Gasteiger charge is 2.17. The molecule has 0 atom stereocenters. The number of phosphoric acid groups is 1. The molecule has 0 radical (unpaired) electrons. The molecule has 0 aliphatic rings. The molecule has 0 heterocycles. The Kier molecular flexibility index (Phi) is 3.09. The lowest BCUT2D eigenvalue weighted by molar-refractivity contribution is 0.227. The fourth-order valence-corrected chi connectivity index (χ4v) is 0.774. The van der Waals surface area contributed by atoms with Gasteiger partial charge in [0.05, 0.1) is 0 Å². The minimum atomic E-state index is -4.38. The fourth-order valence-electron chi connectivity index (χ4n) is 0.258. The van der Waals surface area contributed by atoms with Gasteiger partial charge in [-0.2, -0.15) is 0 Å². The van der Waals surface area contributed by atoms with Gasteiger partial charge in [-0.1, -0.05) is 20.4 Å². The minimum Gasteiger partial charge on any atom is -0.409 e. The van der Waals surface area contributed by atoms with E-state index in [0.29, 0.717) is 0 Å². The average Bonchev–Trinajstić information content (AvgIpc) is 1.60. The van der Waals surface area contributed by atoms with Gasteiger partial charge in [0.15, 0.2) is 0 Å². The molecule has 0 unspecified atom stereocenters. The van der Waals surface area contributed by atoms with Gasteiger partial charge >= 0.3 is 7.82 Å². The molecule has 0 fully saturated rings. The largest absolute Gasteiger partial charge is 0.524 e. The monoisotopic (exact) mass is 166 g/mol. The Hall–Kier alpha value is -0.310. The zero-order valence-electron chi connectivity index (χ0n) is 5.94. The highest BCUT2D eigenvalue weighted by atomic mass is 31.2. The highest BCUT2D eigenvalue weighted by Crippen LogP contribution is 2.39. The molecule has 5 heteroatoms. The molecule has 4 nitrogen and oxygen atoms in total. The van der Waals surface area contributed by atoms with Crippen LogP contribution in [0.2, 0.25) is 0 Å². The molecular weight excluding hydrogens is 155 g/mol. The van der Waals surface area contributed by atoms with Gasteiger partial charge in [0.25, 0.3) is 0 Å². The van der Waals surface area contributed by atoms with E-state index in [2.05, 4.69) is 11.1 Å². The topological polar surface area (TPSA) is 66.8 Å². The summed E-state index contributed by atoms with van der Waals surface area (Å²) in [6.45, 7) is 6.79. The van der Waals surface area contributed by atoms with E-state index < -0.39 is 7.82 Å². The summed E-state index contributed by atoms with van der Waals surface area (Å²) in [5.74, 6) is 0.0287. The summed E-state index contributed by atoms with van der Waals surface area (Å²) in [4.78, 5) is 16.5. The van der Waals surface area contributed by atoms with Gasteiger partial charge in [-0.15, -0.1) is 0 Å². The molecule has 0 saturated carbocycles. The third-order valence-electron chi connectivity index (χ3n) is 0.880. The second kappa shape index (κ2) is 3.19. The van der Waals surface area contributed by atoms with Crippen molar-refractivity contribution >= 4 is 7.82 Å². The zero-order chi connectivity index (χ0) is 8.36. The Balaban J connectivity index is 3.94. The van der Waals surface area contributed by atoms with Gasteiger partial charge in [0, 0.05) is 5.92 Å². The molecule has 10 heavy (non-hydrogen) atoms. The summed E-state index contributed by atoms with van der Waals surface area (Å²) in [5.41, 5.74) is 0. The number of rotatable bonds is 3. The maximum atomic E-state index is 10.2. The second-order valence-corrected chi connectivity index (χ2v) is 3.37. The predicted molar refractivity (Wildman–Crippen MR) is 37.1 cm³/mol. The van der Waals surface area contributed by atoms with E-state index in [1.165, 1.54) is 0 Å². The first kappa shape index (κ1) is 9.69. The van der Waals surface area contributed by atoms with E-state index in [1.54, 1.807) is 13.8 Å². The maximum absolute atomic E-state index is 10.2. The molecule has 60 valence electrons. The summed E-state index contributed by atoms with van der Waals surface area (Å²) >= 11 is 0. The minimum absolute atomic E-state index is 0.0763. The normalized spacial score (nSPS) is 11.7. The quantitative estimate of drug-likeness (QED) is 0.489. The average molecular weight is 166 g/mol. The molecular formula is C5H11O4P. The van der Waals surface area contributed by atoms with Crippen molar-refractivity contribution in [2.45, 2.75) is 13.8 Å². The Labute approximate surface area is 59.8 Å². The molecule has 0 amide bonds. The van der Waals surface area contributed by atoms with Gasteiger partial charge in [-0.05, 0) is 0 Å². The first-order chi connectivity index (χ1) is 4.33. The number of phosphoric ester groups is 1. The molecule has 0 rings (SSSR count). The van der Waals surface area contributed by atoms with Crippen molar-refractivity contribution in [3.05, 3.63) is 12.3 Å². The van der Waals surface area contributed by atoms with E-state index in [4.69, 9.17) is 9.79 Å². The van der Waals surface area contributed by atoms with Crippen LogP contribution in [0.15, 0.2) is 12.3 Å². The van der Waals surface area contributed by atoms with Crippen LogP contribution in [0.5, 0.6) is 0 Å². The second-order valence-electron chi connectivity index (χ2n) is 2.20. The standard InChI is InChI=1S/C5H11O4P/c1-4(2)5(3)9-10(6,7)8/h4H,3H2,1-2H3,(H2,6,7,8).